The molecule has 1 aliphatic rings. The number of halogens is 2. The second-order valence-corrected chi connectivity index (χ2v) is 6.21. The summed E-state index contributed by atoms with van der Waals surface area (Å²) in [4.78, 5) is 15.8. The standard InChI is InChI=1S/C16H22Cl2N2O/c1-3-19-9-5-6-15(19)16(20(4-2)11-21)12-7-8-13(17)14(18)10-12/h7-8,10-11,15-16H,3-6,9H2,1-2H3. The van der Waals surface area contributed by atoms with Crippen molar-refractivity contribution in [1.82, 2.24) is 9.80 Å². The smallest absolute Gasteiger partial charge is 0.210 e. The van der Waals surface area contributed by atoms with Gasteiger partial charge in [-0.05, 0) is 50.6 Å². The third-order valence-corrected chi connectivity index (χ3v) is 5.07. The molecule has 2 atom stereocenters. The number of rotatable bonds is 6. The van der Waals surface area contributed by atoms with Crippen molar-refractivity contribution in [2.45, 2.75) is 38.8 Å². The van der Waals surface area contributed by atoms with E-state index in [-0.39, 0.29) is 6.04 Å². The van der Waals surface area contributed by atoms with Crippen molar-refractivity contribution < 1.29 is 4.79 Å². The summed E-state index contributed by atoms with van der Waals surface area (Å²) in [6, 6.07) is 6.07. The fraction of sp³-hybridized carbons (Fsp3) is 0.562. The van der Waals surface area contributed by atoms with Crippen molar-refractivity contribution >= 4 is 29.6 Å². The maximum absolute atomic E-state index is 11.5. The Morgan fingerprint density at radius 3 is 2.71 bits per heavy atom. The average Bonchev–Trinajstić information content (AvgIpc) is 2.95. The van der Waals surface area contributed by atoms with Gasteiger partial charge in [-0.1, -0.05) is 36.2 Å². The van der Waals surface area contributed by atoms with Gasteiger partial charge in [-0.2, -0.15) is 0 Å². The maximum atomic E-state index is 11.5. The Balaban J connectivity index is 2.39. The lowest BCUT2D eigenvalue weighted by Crippen LogP contribution is -2.42. The number of likely N-dealkylation sites (N-methyl/N-ethyl adjacent to an activating group) is 2. The van der Waals surface area contributed by atoms with E-state index in [1.54, 1.807) is 0 Å². The first-order valence-electron chi connectivity index (χ1n) is 7.52. The minimum Gasteiger partial charge on any atom is -0.337 e. The Hall–Kier alpha value is -0.770. The van der Waals surface area contributed by atoms with Gasteiger partial charge in [-0.15, -0.1) is 0 Å². The van der Waals surface area contributed by atoms with E-state index in [1.807, 2.05) is 30.0 Å². The van der Waals surface area contributed by atoms with E-state index in [0.717, 1.165) is 31.5 Å². The highest BCUT2D eigenvalue weighted by molar-refractivity contribution is 6.42. The van der Waals surface area contributed by atoms with E-state index in [4.69, 9.17) is 23.2 Å². The Morgan fingerprint density at radius 1 is 1.38 bits per heavy atom. The first kappa shape index (κ1) is 16.6. The van der Waals surface area contributed by atoms with Crippen LogP contribution in [0.4, 0.5) is 0 Å². The van der Waals surface area contributed by atoms with Crippen molar-refractivity contribution in [2.24, 2.45) is 0 Å². The number of carbonyl (C=O) groups excluding carboxylic acids is 1. The van der Waals surface area contributed by atoms with Crippen LogP contribution in [0.15, 0.2) is 18.2 Å². The fourth-order valence-corrected chi connectivity index (χ4v) is 3.58. The van der Waals surface area contributed by atoms with Gasteiger partial charge in [0, 0.05) is 12.6 Å². The molecule has 2 unspecified atom stereocenters. The van der Waals surface area contributed by atoms with E-state index >= 15 is 0 Å². The molecule has 1 aromatic carbocycles. The first-order chi connectivity index (χ1) is 10.1. The van der Waals surface area contributed by atoms with Crippen LogP contribution < -0.4 is 0 Å². The normalized spacial score (nSPS) is 20.5. The van der Waals surface area contributed by atoms with Crippen LogP contribution in [-0.2, 0) is 4.79 Å². The third-order valence-electron chi connectivity index (χ3n) is 4.33. The second kappa shape index (κ2) is 7.48. The fourth-order valence-electron chi connectivity index (χ4n) is 3.27. The van der Waals surface area contributed by atoms with E-state index in [0.29, 0.717) is 22.6 Å². The summed E-state index contributed by atoms with van der Waals surface area (Å²) in [5, 5.41) is 1.09. The quantitative estimate of drug-likeness (QED) is 0.737. The van der Waals surface area contributed by atoms with Gasteiger partial charge < -0.3 is 4.90 Å². The summed E-state index contributed by atoms with van der Waals surface area (Å²) in [5.74, 6) is 0. The van der Waals surface area contributed by atoms with Gasteiger partial charge in [-0.3, -0.25) is 9.69 Å². The Kier molecular flexibility index (Phi) is 5.91. The number of carbonyl (C=O) groups is 1. The molecule has 116 valence electrons. The molecule has 2 rings (SSSR count). The van der Waals surface area contributed by atoms with Crippen molar-refractivity contribution in [3.8, 4) is 0 Å². The van der Waals surface area contributed by atoms with Crippen LogP contribution in [0.25, 0.3) is 0 Å². The molecule has 3 nitrogen and oxygen atoms in total. The third kappa shape index (κ3) is 3.53. The van der Waals surface area contributed by atoms with Gasteiger partial charge in [0.2, 0.25) is 6.41 Å². The molecule has 1 heterocycles. The molecule has 21 heavy (non-hydrogen) atoms. The highest BCUT2D eigenvalue weighted by Gasteiger charge is 2.34. The Bertz CT molecular complexity index is 495. The number of hydrogen-bond acceptors (Lipinski definition) is 2. The minimum absolute atomic E-state index is 0.0321. The number of amides is 1. The number of nitrogens with zero attached hydrogens (tertiary/aromatic N) is 2. The number of benzene rings is 1. The monoisotopic (exact) mass is 328 g/mol. The molecule has 0 bridgehead atoms. The van der Waals surface area contributed by atoms with E-state index in [2.05, 4.69) is 11.8 Å². The largest absolute Gasteiger partial charge is 0.337 e. The lowest BCUT2D eigenvalue weighted by Gasteiger charge is -2.37. The molecule has 0 N–H and O–H groups in total. The van der Waals surface area contributed by atoms with Crippen LogP contribution in [0.5, 0.6) is 0 Å². The van der Waals surface area contributed by atoms with Gasteiger partial charge >= 0.3 is 0 Å². The van der Waals surface area contributed by atoms with Crippen molar-refractivity contribution in [3.05, 3.63) is 33.8 Å². The van der Waals surface area contributed by atoms with Crippen molar-refractivity contribution in [1.29, 1.82) is 0 Å². The Labute approximate surface area is 136 Å². The predicted octanol–water partition coefficient (Wildman–Crippen LogP) is 4.00. The molecule has 1 aromatic rings. The lowest BCUT2D eigenvalue weighted by molar-refractivity contribution is -0.121. The van der Waals surface area contributed by atoms with Gasteiger partial charge in [-0.25, -0.2) is 0 Å². The molecule has 5 heteroatoms. The second-order valence-electron chi connectivity index (χ2n) is 5.39. The summed E-state index contributed by atoms with van der Waals surface area (Å²) in [5.41, 5.74) is 1.06. The summed E-state index contributed by atoms with van der Waals surface area (Å²) < 4.78 is 0. The molecule has 0 saturated carbocycles. The first-order valence-corrected chi connectivity index (χ1v) is 8.28. The van der Waals surface area contributed by atoms with Crippen molar-refractivity contribution in [2.75, 3.05) is 19.6 Å². The predicted molar refractivity (Wildman–Crippen MR) is 87.9 cm³/mol. The summed E-state index contributed by atoms with van der Waals surface area (Å²) in [6.07, 6.45) is 3.22. The van der Waals surface area contributed by atoms with E-state index < -0.39 is 0 Å². The maximum Gasteiger partial charge on any atom is 0.210 e. The summed E-state index contributed by atoms with van der Waals surface area (Å²) >= 11 is 12.2. The van der Waals surface area contributed by atoms with Crippen LogP contribution in [0.2, 0.25) is 10.0 Å². The van der Waals surface area contributed by atoms with Gasteiger partial charge in [0.05, 0.1) is 16.1 Å². The number of likely N-dealkylation sites (tertiary alicyclic amines) is 1. The molecule has 1 fully saturated rings. The molecular weight excluding hydrogens is 307 g/mol. The molecule has 1 saturated heterocycles. The van der Waals surface area contributed by atoms with Crippen LogP contribution in [0.3, 0.4) is 0 Å². The molecule has 0 radical (unpaired) electrons. The van der Waals surface area contributed by atoms with Crippen molar-refractivity contribution in [3.63, 3.8) is 0 Å². The highest BCUT2D eigenvalue weighted by atomic mass is 35.5. The topological polar surface area (TPSA) is 23.6 Å². The highest BCUT2D eigenvalue weighted by Crippen LogP contribution is 2.35. The molecule has 0 aliphatic carbocycles. The van der Waals surface area contributed by atoms with Gasteiger partial charge in [0.15, 0.2) is 0 Å². The molecular formula is C16H22Cl2N2O. The Morgan fingerprint density at radius 2 is 2.14 bits per heavy atom. The van der Waals surface area contributed by atoms with E-state index in [9.17, 15) is 4.79 Å². The summed E-state index contributed by atoms with van der Waals surface area (Å²) in [7, 11) is 0. The van der Waals surface area contributed by atoms with Crippen LogP contribution in [0, 0.1) is 0 Å². The summed E-state index contributed by atoms with van der Waals surface area (Å²) in [6.45, 7) is 6.95. The number of hydrogen-bond donors (Lipinski definition) is 0. The molecule has 1 amide bonds. The zero-order valence-electron chi connectivity index (χ0n) is 12.6. The molecule has 0 aromatic heterocycles. The van der Waals surface area contributed by atoms with Crippen LogP contribution >= 0.6 is 23.2 Å². The minimum atomic E-state index is 0.0321. The lowest BCUT2D eigenvalue weighted by atomic mass is 9.96. The zero-order chi connectivity index (χ0) is 15.4. The average molecular weight is 329 g/mol. The SMILES string of the molecule is CCN(C=O)C(c1ccc(Cl)c(Cl)c1)C1CCCN1CC. The van der Waals surface area contributed by atoms with Gasteiger partial charge in [0.1, 0.15) is 0 Å². The van der Waals surface area contributed by atoms with E-state index in [1.165, 1.54) is 6.42 Å². The van der Waals surface area contributed by atoms with Crippen LogP contribution in [0.1, 0.15) is 38.3 Å². The van der Waals surface area contributed by atoms with Gasteiger partial charge in [0.25, 0.3) is 0 Å². The van der Waals surface area contributed by atoms with Crippen LogP contribution in [-0.4, -0.2) is 41.9 Å². The molecule has 1 aliphatic heterocycles. The molecule has 0 spiro atoms. The zero-order valence-corrected chi connectivity index (χ0v) is 14.1.